The van der Waals surface area contributed by atoms with Gasteiger partial charge in [-0.2, -0.15) is 4.31 Å². The fourth-order valence-corrected chi connectivity index (χ4v) is 4.40. The number of carbonyl (C=O) groups excluding carboxylic acids is 1. The molecule has 0 radical (unpaired) electrons. The average molecular weight is 474 g/mol. The molecule has 0 aliphatic rings. The van der Waals surface area contributed by atoms with Crippen LogP contribution in [0.5, 0.6) is 11.5 Å². The van der Waals surface area contributed by atoms with Crippen molar-refractivity contribution >= 4 is 21.6 Å². The molecule has 0 saturated heterocycles. The topological polar surface area (TPSA) is 88.6 Å². The fraction of sp³-hybridized carbons (Fsp3) is 0.0769. The van der Waals surface area contributed by atoms with Crippen LogP contribution >= 0.6 is 0 Å². The maximum atomic E-state index is 12.9. The minimum Gasteiger partial charge on any atom is -0.456 e. The van der Waals surface area contributed by atoms with E-state index in [4.69, 9.17) is 4.74 Å². The van der Waals surface area contributed by atoms with Crippen molar-refractivity contribution in [1.29, 1.82) is 0 Å². The third kappa shape index (κ3) is 5.67. The minimum absolute atomic E-state index is 0.154. The predicted octanol–water partition coefficient (Wildman–Crippen LogP) is 4.95. The van der Waals surface area contributed by atoms with Gasteiger partial charge in [-0.25, -0.2) is 8.42 Å². The summed E-state index contributed by atoms with van der Waals surface area (Å²) in [5.41, 5.74) is 1.83. The Bertz CT molecular complexity index is 1340. The van der Waals surface area contributed by atoms with Gasteiger partial charge in [-0.1, -0.05) is 30.3 Å². The molecular weight excluding hydrogens is 450 g/mol. The quantitative estimate of drug-likeness (QED) is 0.391. The van der Waals surface area contributed by atoms with Crippen molar-refractivity contribution in [3.05, 3.63) is 115 Å². The van der Waals surface area contributed by atoms with Crippen LogP contribution < -0.4 is 10.1 Å². The molecule has 3 aromatic carbocycles. The Hall–Kier alpha value is -4.01. The van der Waals surface area contributed by atoms with E-state index in [9.17, 15) is 13.2 Å². The Morgan fingerprint density at radius 2 is 1.59 bits per heavy atom. The molecule has 0 fully saturated rings. The summed E-state index contributed by atoms with van der Waals surface area (Å²) < 4.78 is 32.7. The summed E-state index contributed by atoms with van der Waals surface area (Å²) in [7, 11) is -2.12. The normalized spacial score (nSPS) is 11.2. The van der Waals surface area contributed by atoms with Crippen LogP contribution in [0.25, 0.3) is 0 Å². The second-order valence-electron chi connectivity index (χ2n) is 7.54. The first-order valence-electron chi connectivity index (χ1n) is 10.5. The predicted molar refractivity (Wildman–Crippen MR) is 130 cm³/mol. The zero-order chi connectivity index (χ0) is 24.0. The van der Waals surface area contributed by atoms with Gasteiger partial charge in [-0.15, -0.1) is 0 Å². The van der Waals surface area contributed by atoms with Gasteiger partial charge in [0.2, 0.25) is 10.0 Å². The van der Waals surface area contributed by atoms with Crippen LogP contribution in [0.3, 0.4) is 0 Å². The second-order valence-corrected chi connectivity index (χ2v) is 9.59. The maximum absolute atomic E-state index is 12.9. The van der Waals surface area contributed by atoms with Crippen LogP contribution in [-0.4, -0.2) is 30.7 Å². The average Bonchev–Trinajstić information content (AvgIpc) is 2.86. The molecule has 0 bridgehead atoms. The highest BCUT2D eigenvalue weighted by molar-refractivity contribution is 7.89. The maximum Gasteiger partial charge on any atom is 0.255 e. The molecule has 1 N–H and O–H groups in total. The van der Waals surface area contributed by atoms with Gasteiger partial charge in [0.1, 0.15) is 11.5 Å². The molecule has 7 nitrogen and oxygen atoms in total. The molecule has 0 aliphatic heterocycles. The lowest BCUT2D eigenvalue weighted by Crippen LogP contribution is -2.26. The van der Waals surface area contributed by atoms with E-state index in [1.807, 2.05) is 30.3 Å². The number of rotatable bonds is 8. The molecule has 8 heteroatoms. The van der Waals surface area contributed by atoms with Crippen LogP contribution in [0, 0.1) is 0 Å². The minimum atomic E-state index is -3.66. The second kappa shape index (κ2) is 10.3. The van der Waals surface area contributed by atoms with E-state index in [1.165, 1.54) is 16.4 Å². The van der Waals surface area contributed by atoms with Crippen molar-refractivity contribution in [2.24, 2.45) is 0 Å². The number of pyridine rings is 1. The van der Waals surface area contributed by atoms with Crippen LogP contribution in [0.4, 0.5) is 5.69 Å². The van der Waals surface area contributed by atoms with Gasteiger partial charge < -0.3 is 10.1 Å². The van der Waals surface area contributed by atoms with Gasteiger partial charge in [0.05, 0.1) is 11.1 Å². The highest BCUT2D eigenvalue weighted by atomic mass is 32.2. The number of hydrogen-bond acceptors (Lipinski definition) is 5. The summed E-state index contributed by atoms with van der Waals surface area (Å²) in [4.78, 5) is 16.7. The third-order valence-corrected chi connectivity index (χ3v) is 6.87. The largest absolute Gasteiger partial charge is 0.456 e. The number of carbonyl (C=O) groups is 1. The Balaban J connectivity index is 1.38. The summed E-state index contributed by atoms with van der Waals surface area (Å²) in [5, 5.41) is 2.78. The molecular formula is C26H23N3O4S. The lowest BCUT2D eigenvalue weighted by atomic mass is 10.2. The number of sulfonamides is 1. The van der Waals surface area contributed by atoms with Gasteiger partial charge in [0, 0.05) is 31.0 Å². The number of amides is 1. The number of aromatic nitrogens is 1. The van der Waals surface area contributed by atoms with Crippen molar-refractivity contribution in [2.45, 2.75) is 11.4 Å². The zero-order valence-corrected chi connectivity index (χ0v) is 19.3. The molecule has 4 aromatic rings. The first-order chi connectivity index (χ1) is 16.4. The van der Waals surface area contributed by atoms with Crippen LogP contribution in [0.1, 0.15) is 15.9 Å². The van der Waals surface area contributed by atoms with Gasteiger partial charge in [0.25, 0.3) is 5.91 Å². The molecule has 172 valence electrons. The number of anilines is 1. The number of hydrogen-bond donors (Lipinski definition) is 1. The smallest absolute Gasteiger partial charge is 0.255 e. The van der Waals surface area contributed by atoms with Crippen molar-refractivity contribution in [2.75, 3.05) is 12.4 Å². The molecule has 34 heavy (non-hydrogen) atoms. The van der Waals surface area contributed by atoms with Crippen molar-refractivity contribution in [1.82, 2.24) is 9.29 Å². The van der Waals surface area contributed by atoms with E-state index in [-0.39, 0.29) is 17.3 Å². The third-order valence-electron chi connectivity index (χ3n) is 5.06. The lowest BCUT2D eigenvalue weighted by Gasteiger charge is -2.17. The zero-order valence-electron chi connectivity index (χ0n) is 18.5. The van der Waals surface area contributed by atoms with Gasteiger partial charge in [-0.3, -0.25) is 9.78 Å². The highest BCUT2D eigenvalue weighted by Crippen LogP contribution is 2.22. The molecule has 1 heterocycles. The highest BCUT2D eigenvalue weighted by Gasteiger charge is 2.21. The van der Waals surface area contributed by atoms with Crippen molar-refractivity contribution in [3.8, 4) is 11.5 Å². The molecule has 0 atom stereocenters. The Morgan fingerprint density at radius 1 is 0.882 bits per heavy atom. The molecule has 0 aliphatic carbocycles. The Labute approximate surface area is 198 Å². The van der Waals surface area contributed by atoms with E-state index >= 15 is 0 Å². The van der Waals surface area contributed by atoms with E-state index in [0.717, 1.165) is 5.56 Å². The summed E-state index contributed by atoms with van der Waals surface area (Å²) >= 11 is 0. The van der Waals surface area contributed by atoms with Gasteiger partial charge in [0.15, 0.2) is 0 Å². The number of nitrogens with one attached hydrogen (secondary N) is 1. The van der Waals surface area contributed by atoms with E-state index < -0.39 is 10.0 Å². The molecule has 0 unspecified atom stereocenters. The van der Waals surface area contributed by atoms with E-state index in [2.05, 4.69) is 10.3 Å². The molecule has 0 saturated carbocycles. The summed E-state index contributed by atoms with van der Waals surface area (Å²) in [6.07, 6.45) is 3.26. The molecule has 0 spiro atoms. The summed E-state index contributed by atoms with van der Waals surface area (Å²) in [6.45, 7) is 0.266. The first kappa shape index (κ1) is 23.2. The Kier molecular flexibility index (Phi) is 7.01. The van der Waals surface area contributed by atoms with Crippen molar-refractivity contribution in [3.63, 3.8) is 0 Å². The van der Waals surface area contributed by atoms with Crippen LogP contribution in [0.15, 0.2) is 108 Å². The van der Waals surface area contributed by atoms with Crippen molar-refractivity contribution < 1.29 is 17.9 Å². The first-order valence-corrected chi connectivity index (χ1v) is 12.0. The van der Waals surface area contributed by atoms with Gasteiger partial charge in [-0.05, 0) is 66.2 Å². The lowest BCUT2D eigenvalue weighted by molar-refractivity contribution is 0.102. The van der Waals surface area contributed by atoms with E-state index in [1.54, 1.807) is 68.0 Å². The molecule has 4 rings (SSSR count). The SMILES string of the molecule is CN(Cc1ccccc1)S(=O)(=O)c1ccc(NC(=O)c2ccc(Oc3cccnc3)cc2)cc1. The fourth-order valence-electron chi connectivity index (χ4n) is 3.24. The summed E-state index contributed by atoms with van der Waals surface area (Å²) in [6, 6.07) is 25.7. The number of nitrogens with zero attached hydrogens (tertiary/aromatic N) is 2. The summed E-state index contributed by atoms with van der Waals surface area (Å²) in [5.74, 6) is 0.868. The molecule has 1 aromatic heterocycles. The number of ether oxygens (including phenoxy) is 1. The Morgan fingerprint density at radius 3 is 2.24 bits per heavy atom. The van der Waals surface area contributed by atoms with Gasteiger partial charge >= 0.3 is 0 Å². The molecule has 1 amide bonds. The monoisotopic (exact) mass is 473 g/mol. The van der Waals surface area contributed by atoms with Crippen LogP contribution in [-0.2, 0) is 16.6 Å². The number of benzene rings is 3. The van der Waals surface area contributed by atoms with E-state index in [0.29, 0.717) is 22.7 Å². The standard InChI is InChI=1S/C26H23N3O4S/c1-29(19-20-6-3-2-4-7-20)34(31,32)25-15-11-22(12-16-25)28-26(30)21-9-13-23(14-10-21)33-24-8-5-17-27-18-24/h2-18H,19H2,1H3,(H,28,30). The van der Waals surface area contributed by atoms with Crippen LogP contribution in [0.2, 0.25) is 0 Å².